The fraction of sp³-hybridized carbons (Fsp3) is 0.235. The molecule has 0 saturated carbocycles. The Hall–Kier alpha value is -10.6. The first-order valence-electron chi connectivity index (χ1n) is 29.7. The molecule has 30 heteroatoms. The van der Waals surface area contributed by atoms with Crippen molar-refractivity contribution in [3.05, 3.63) is 225 Å². The average molecular weight is 1380 g/mol. The number of nitrogens with zero attached hydrogens (tertiary/aromatic N) is 10. The number of hydrogen-bond donors (Lipinski definition) is 2. The third kappa shape index (κ3) is 14.7. The summed E-state index contributed by atoms with van der Waals surface area (Å²) in [5, 5.41) is 37.1. The van der Waals surface area contributed by atoms with Crippen molar-refractivity contribution >= 4 is 54.1 Å². The zero-order valence-corrected chi connectivity index (χ0v) is 53.8. The Kier molecular flexibility index (Phi) is 19.8. The number of carbonyl (C=O) groups is 2. The van der Waals surface area contributed by atoms with Crippen LogP contribution in [0.25, 0.3) is 44.6 Å². The molecule has 504 valence electrons. The molecule has 4 atom stereocenters. The molecule has 2 saturated heterocycles. The van der Waals surface area contributed by atoms with E-state index in [0.717, 1.165) is 48.9 Å². The van der Waals surface area contributed by atoms with Gasteiger partial charge < -0.3 is 38.3 Å². The van der Waals surface area contributed by atoms with E-state index in [2.05, 4.69) is 19.9 Å². The number of hydrogen-bond acceptors (Lipinski definition) is 16. The van der Waals surface area contributed by atoms with Crippen molar-refractivity contribution in [3.8, 4) is 46.4 Å². The average Bonchev–Trinajstić information content (AvgIpc) is 1.70. The van der Waals surface area contributed by atoms with Crippen LogP contribution in [0.2, 0.25) is 0 Å². The highest BCUT2D eigenvalue weighted by molar-refractivity contribution is 7.88. The fourth-order valence-corrected chi connectivity index (χ4v) is 13.4. The molecule has 10 aromatic rings. The number of nitriles is 2. The minimum Gasteiger partial charge on any atom is -0.478 e. The van der Waals surface area contributed by atoms with Gasteiger partial charge in [-0.05, 0) is 108 Å². The third-order valence-electron chi connectivity index (χ3n) is 16.7. The van der Waals surface area contributed by atoms with Gasteiger partial charge >= 0.3 is 11.9 Å². The summed E-state index contributed by atoms with van der Waals surface area (Å²) in [6, 6.07) is 31.8. The standard InChI is InChI=1S/2C34H28F3N5O6S/c2*1-47-31-17-41(49(2,45)46)16-30(31)42-29-12-20(34(43)44)8-9-28(29)39-32(42)13-22-11-26(37)23(14-25(22)36)27-4-3-5-33(40-27)48-18-21-7-6-19(15-38)10-24(21)35/h2*3-12,14,30-31H,13,16-18H2,1-2H3,(H,43,44)/t2*30-,31+/m00/s1. The van der Waals surface area contributed by atoms with E-state index in [1.54, 1.807) is 9.13 Å². The van der Waals surface area contributed by atoms with Crippen LogP contribution in [-0.4, -0.2) is 142 Å². The molecule has 98 heavy (non-hydrogen) atoms. The van der Waals surface area contributed by atoms with Crippen LogP contribution in [0, 0.1) is 57.6 Å². The predicted octanol–water partition coefficient (Wildman–Crippen LogP) is 10.2. The van der Waals surface area contributed by atoms with Crippen LogP contribution in [0.3, 0.4) is 0 Å². The molecule has 4 aromatic heterocycles. The number of aromatic carboxylic acids is 2. The van der Waals surface area contributed by atoms with Gasteiger partial charge in [0.15, 0.2) is 0 Å². The van der Waals surface area contributed by atoms with E-state index in [1.165, 1.54) is 120 Å². The molecule has 0 bridgehead atoms. The van der Waals surface area contributed by atoms with Crippen LogP contribution < -0.4 is 9.47 Å². The Labute approximate surface area is 555 Å². The van der Waals surface area contributed by atoms with Crippen molar-refractivity contribution in [1.29, 1.82) is 10.5 Å². The smallest absolute Gasteiger partial charge is 0.335 e. The van der Waals surface area contributed by atoms with E-state index in [4.69, 9.17) is 29.5 Å². The van der Waals surface area contributed by atoms with E-state index in [9.17, 15) is 45.4 Å². The van der Waals surface area contributed by atoms with Gasteiger partial charge in [0.2, 0.25) is 31.8 Å². The van der Waals surface area contributed by atoms with Crippen LogP contribution in [-0.2, 0) is 55.6 Å². The van der Waals surface area contributed by atoms with Crippen molar-refractivity contribution in [2.75, 3.05) is 52.9 Å². The fourth-order valence-electron chi connectivity index (χ4n) is 11.7. The van der Waals surface area contributed by atoms with Crippen molar-refractivity contribution in [2.45, 2.75) is 50.3 Å². The molecule has 2 aliphatic heterocycles. The van der Waals surface area contributed by atoms with Crippen LogP contribution in [0.1, 0.15) is 77.8 Å². The molecule has 12 rings (SSSR count). The highest BCUT2D eigenvalue weighted by Crippen LogP contribution is 2.37. The van der Waals surface area contributed by atoms with Crippen molar-refractivity contribution < 1.29 is 81.9 Å². The third-order valence-corrected chi connectivity index (χ3v) is 19.2. The van der Waals surface area contributed by atoms with Gasteiger partial charge in [0.25, 0.3) is 0 Å². The monoisotopic (exact) mass is 1380 g/mol. The highest BCUT2D eigenvalue weighted by Gasteiger charge is 2.42. The highest BCUT2D eigenvalue weighted by atomic mass is 32.2. The number of ether oxygens (including phenoxy) is 4. The molecule has 22 nitrogen and oxygen atoms in total. The summed E-state index contributed by atoms with van der Waals surface area (Å²) in [7, 11) is -4.37. The number of sulfonamides is 2. The van der Waals surface area contributed by atoms with Gasteiger partial charge in [-0.1, -0.05) is 24.3 Å². The second kappa shape index (κ2) is 28.2. The second-order valence-corrected chi connectivity index (χ2v) is 27.0. The first-order chi connectivity index (χ1) is 46.7. The Balaban J connectivity index is 0.000000198. The number of pyridine rings is 2. The molecule has 6 aromatic carbocycles. The summed E-state index contributed by atoms with van der Waals surface area (Å²) in [5.74, 6) is -6.22. The summed E-state index contributed by atoms with van der Waals surface area (Å²) in [4.78, 5) is 41.4. The summed E-state index contributed by atoms with van der Waals surface area (Å²) < 4.78 is 169. The first kappa shape index (κ1) is 68.8. The van der Waals surface area contributed by atoms with Gasteiger partial charge in [0.05, 0.1) is 105 Å². The maximum atomic E-state index is 15.8. The molecule has 2 aliphatic rings. The van der Waals surface area contributed by atoms with Gasteiger partial charge in [-0.3, -0.25) is 0 Å². The van der Waals surface area contributed by atoms with Crippen LogP contribution in [0.5, 0.6) is 11.8 Å². The lowest BCUT2D eigenvalue weighted by atomic mass is 10.0. The van der Waals surface area contributed by atoms with Gasteiger partial charge in [-0.15, -0.1) is 0 Å². The lowest BCUT2D eigenvalue weighted by Crippen LogP contribution is -2.28. The predicted molar refractivity (Wildman–Crippen MR) is 342 cm³/mol. The summed E-state index contributed by atoms with van der Waals surface area (Å²) in [6.07, 6.45) is 0.415. The normalized spacial score (nSPS) is 16.6. The molecule has 6 heterocycles. The van der Waals surface area contributed by atoms with E-state index in [1.807, 2.05) is 12.1 Å². The minimum atomic E-state index is -3.61. The topological polar surface area (TPSA) is 295 Å². The molecular weight excluding hydrogens is 1330 g/mol. The molecule has 0 spiro atoms. The Bertz CT molecular complexity index is 4830. The molecule has 0 aliphatic carbocycles. The maximum absolute atomic E-state index is 15.8. The number of halogens is 6. The molecule has 0 unspecified atom stereocenters. The maximum Gasteiger partial charge on any atom is 0.335 e. The van der Waals surface area contributed by atoms with E-state index in [0.29, 0.717) is 22.1 Å². The minimum absolute atomic E-state index is 0.00915. The molecule has 2 fully saturated rings. The molecular formula is C68H56F6N10O12S2. The number of rotatable bonds is 20. The molecule has 2 N–H and O–H groups in total. The van der Waals surface area contributed by atoms with Gasteiger partial charge in [-0.25, -0.2) is 72.7 Å². The summed E-state index contributed by atoms with van der Waals surface area (Å²) in [6.45, 7) is -0.381. The summed E-state index contributed by atoms with van der Waals surface area (Å²) >= 11 is 0. The zero-order valence-electron chi connectivity index (χ0n) is 52.2. The quantitative estimate of drug-likeness (QED) is 0.0670. The van der Waals surface area contributed by atoms with Gasteiger partial charge in [0.1, 0.15) is 59.8 Å². The zero-order chi connectivity index (χ0) is 70.1. The Morgan fingerprint density at radius 2 is 0.888 bits per heavy atom. The van der Waals surface area contributed by atoms with Crippen molar-refractivity contribution in [1.82, 2.24) is 37.7 Å². The summed E-state index contributed by atoms with van der Waals surface area (Å²) in [5.41, 5.74) is 1.78. The van der Waals surface area contributed by atoms with Crippen LogP contribution in [0.15, 0.2) is 133 Å². The van der Waals surface area contributed by atoms with Gasteiger partial charge in [0, 0.05) is 87.6 Å². The number of aromatic nitrogens is 6. The van der Waals surface area contributed by atoms with E-state index < -0.39 is 91.2 Å². The van der Waals surface area contributed by atoms with Crippen molar-refractivity contribution in [3.63, 3.8) is 0 Å². The second-order valence-electron chi connectivity index (χ2n) is 23.0. The number of benzene rings is 6. The van der Waals surface area contributed by atoms with E-state index >= 15 is 17.6 Å². The lowest BCUT2D eigenvalue weighted by molar-refractivity contribution is 0.0686. The largest absolute Gasteiger partial charge is 0.478 e. The lowest BCUT2D eigenvalue weighted by Gasteiger charge is -2.22. The SMILES string of the molecule is CO[C@@H]1CN(S(C)(=O)=O)C[C@@H]1n1c(Cc2cc(F)c(-c3cccc(OCc4ccc(C#N)cc4F)n3)cc2F)nc2ccc(C(=O)O)cc21.CO[C@@H]1CN(S(C)(=O)=O)C[C@@H]1n1c(Cc2cc(F)c(-c3cccc(OCc4ccc(C#N)cc4F)n3)cc2F)nc2ccc(C(=O)O)cc21. The molecule has 0 radical (unpaired) electrons. The number of carboxylic acids is 2. The van der Waals surface area contributed by atoms with Gasteiger partial charge in [-0.2, -0.15) is 19.1 Å². The Morgan fingerprint density at radius 3 is 1.23 bits per heavy atom. The number of imidazole rings is 2. The Morgan fingerprint density at radius 1 is 0.500 bits per heavy atom. The van der Waals surface area contributed by atoms with Crippen molar-refractivity contribution in [2.24, 2.45) is 0 Å². The molecule has 0 amide bonds. The first-order valence-corrected chi connectivity index (χ1v) is 33.4. The number of carboxylic acid groups (broad SMARTS) is 2. The number of fused-ring (bicyclic) bond motifs is 2. The van der Waals surface area contributed by atoms with Crippen LogP contribution in [0.4, 0.5) is 26.3 Å². The number of methoxy groups -OCH3 is 2. The van der Waals surface area contributed by atoms with Crippen LogP contribution >= 0.6 is 0 Å². The van der Waals surface area contributed by atoms with E-state index in [-0.39, 0.29) is 143 Å².